The van der Waals surface area contributed by atoms with Gasteiger partial charge >= 0.3 is 0 Å². The minimum absolute atomic E-state index is 0.142. The van der Waals surface area contributed by atoms with Gasteiger partial charge in [-0.3, -0.25) is 0 Å². The maximum Gasteiger partial charge on any atom is 0.205 e. The average Bonchev–Trinajstić information content (AvgIpc) is 2.75. The van der Waals surface area contributed by atoms with Crippen LogP contribution in [0.5, 0.6) is 0 Å². The number of anilines is 1. The molecule has 3 nitrogen and oxygen atoms in total. The lowest BCUT2D eigenvalue weighted by molar-refractivity contribution is 0.625. The Morgan fingerprint density at radius 1 is 1.29 bits per heavy atom. The van der Waals surface area contributed by atoms with Crippen LogP contribution in [0.15, 0.2) is 24.3 Å². The number of aryl methyl sites for hydroxylation is 1. The Bertz CT molecular complexity index is 495. The van der Waals surface area contributed by atoms with Gasteiger partial charge in [-0.05, 0) is 31.5 Å². The van der Waals surface area contributed by atoms with Crippen molar-refractivity contribution in [2.45, 2.75) is 19.9 Å². The molecular weight excluding hydrogens is 237 g/mol. The normalized spacial score (nSPS) is 12.5. The summed E-state index contributed by atoms with van der Waals surface area (Å²) in [4.78, 5) is 6.37. The van der Waals surface area contributed by atoms with E-state index >= 15 is 0 Å². The Hall–Kier alpha value is -1.49. The first-order valence-corrected chi connectivity index (χ1v) is 6.14. The summed E-state index contributed by atoms with van der Waals surface area (Å²) >= 11 is 1.37. The molecule has 5 heteroatoms. The van der Waals surface area contributed by atoms with Crippen LogP contribution in [0.25, 0.3) is 0 Å². The zero-order valence-corrected chi connectivity index (χ0v) is 10.8. The van der Waals surface area contributed by atoms with Crippen LogP contribution in [0.1, 0.15) is 24.4 Å². The Morgan fingerprint density at radius 2 is 1.94 bits per heavy atom. The van der Waals surface area contributed by atoms with E-state index in [0.29, 0.717) is 0 Å². The molecule has 17 heavy (non-hydrogen) atoms. The highest BCUT2D eigenvalue weighted by Crippen LogP contribution is 2.26. The average molecular weight is 251 g/mol. The molecule has 1 heterocycles. The molecule has 90 valence electrons. The Labute approximate surface area is 104 Å². The summed E-state index contributed by atoms with van der Waals surface area (Å²) in [5, 5.41) is 0.874. The first-order valence-electron chi connectivity index (χ1n) is 5.36. The standard InChI is InChI=1S/C12H14FN3S/c1-8(10-4-6-11(13)7-5-10)16(3)12-14-9(2)15-17-12/h4-8H,1-3H3. The van der Waals surface area contributed by atoms with Gasteiger partial charge in [0, 0.05) is 18.6 Å². The smallest absolute Gasteiger partial charge is 0.205 e. The lowest BCUT2D eigenvalue weighted by Gasteiger charge is -2.24. The number of rotatable bonds is 3. The van der Waals surface area contributed by atoms with Crippen molar-refractivity contribution in [3.63, 3.8) is 0 Å². The first-order chi connectivity index (χ1) is 8.08. The van der Waals surface area contributed by atoms with Gasteiger partial charge in [-0.2, -0.15) is 4.37 Å². The van der Waals surface area contributed by atoms with Gasteiger partial charge in [0.25, 0.3) is 0 Å². The molecule has 0 amide bonds. The molecule has 0 saturated carbocycles. The Morgan fingerprint density at radius 3 is 2.47 bits per heavy atom. The predicted octanol–water partition coefficient (Wildman–Crippen LogP) is 3.18. The molecule has 0 radical (unpaired) electrons. The van der Waals surface area contributed by atoms with Crippen molar-refractivity contribution in [1.82, 2.24) is 9.36 Å². The second-order valence-corrected chi connectivity index (χ2v) is 4.69. The molecule has 0 aliphatic heterocycles. The van der Waals surface area contributed by atoms with Crippen LogP contribution in [0, 0.1) is 12.7 Å². The number of nitrogens with zero attached hydrogens (tertiary/aromatic N) is 3. The SMILES string of the molecule is Cc1nsc(N(C)C(C)c2ccc(F)cc2)n1. The summed E-state index contributed by atoms with van der Waals surface area (Å²) in [6.07, 6.45) is 0. The van der Waals surface area contributed by atoms with Crippen molar-refractivity contribution in [2.75, 3.05) is 11.9 Å². The summed E-state index contributed by atoms with van der Waals surface area (Å²) in [5.41, 5.74) is 1.06. The fourth-order valence-corrected chi connectivity index (χ4v) is 2.27. The lowest BCUT2D eigenvalue weighted by Crippen LogP contribution is -2.21. The number of aromatic nitrogens is 2. The van der Waals surface area contributed by atoms with Gasteiger partial charge in [0.05, 0.1) is 6.04 Å². The fraction of sp³-hybridized carbons (Fsp3) is 0.333. The van der Waals surface area contributed by atoms with Crippen LogP contribution in [-0.2, 0) is 0 Å². The summed E-state index contributed by atoms with van der Waals surface area (Å²) in [5.74, 6) is 0.568. The van der Waals surface area contributed by atoms with E-state index in [2.05, 4.69) is 16.3 Å². The van der Waals surface area contributed by atoms with E-state index in [4.69, 9.17) is 0 Å². The summed E-state index contributed by atoms with van der Waals surface area (Å²) in [6, 6.07) is 6.69. The molecule has 2 aromatic rings. The summed E-state index contributed by atoms with van der Waals surface area (Å²) in [7, 11) is 1.97. The van der Waals surface area contributed by atoms with Gasteiger partial charge in [0.1, 0.15) is 11.6 Å². The van der Waals surface area contributed by atoms with Gasteiger partial charge < -0.3 is 4.90 Å². The van der Waals surface area contributed by atoms with Gasteiger partial charge in [0.2, 0.25) is 5.13 Å². The molecule has 1 atom stereocenters. The van der Waals surface area contributed by atoms with Crippen molar-refractivity contribution >= 4 is 16.7 Å². The molecule has 1 aromatic carbocycles. The Kier molecular flexibility index (Phi) is 3.38. The molecule has 0 aliphatic carbocycles. The summed E-state index contributed by atoms with van der Waals surface area (Å²) in [6.45, 7) is 3.93. The first kappa shape index (κ1) is 12.0. The second-order valence-electron chi connectivity index (χ2n) is 3.96. The number of benzene rings is 1. The van der Waals surface area contributed by atoms with E-state index in [9.17, 15) is 4.39 Å². The van der Waals surface area contributed by atoms with Crippen LogP contribution in [0.3, 0.4) is 0 Å². The van der Waals surface area contributed by atoms with E-state index in [0.717, 1.165) is 16.5 Å². The van der Waals surface area contributed by atoms with Crippen LogP contribution in [0.4, 0.5) is 9.52 Å². The van der Waals surface area contributed by atoms with E-state index in [1.54, 1.807) is 12.1 Å². The third kappa shape index (κ3) is 2.61. The fourth-order valence-electron chi connectivity index (χ4n) is 1.56. The van der Waals surface area contributed by atoms with Gasteiger partial charge in [-0.15, -0.1) is 0 Å². The molecule has 0 aliphatic rings. The van der Waals surface area contributed by atoms with E-state index < -0.39 is 0 Å². The van der Waals surface area contributed by atoms with E-state index in [-0.39, 0.29) is 11.9 Å². The minimum Gasteiger partial charge on any atom is -0.343 e. The third-order valence-electron chi connectivity index (χ3n) is 2.75. The van der Waals surface area contributed by atoms with Crippen LogP contribution in [-0.4, -0.2) is 16.4 Å². The lowest BCUT2D eigenvalue weighted by atomic mass is 10.1. The van der Waals surface area contributed by atoms with Gasteiger partial charge in [-0.1, -0.05) is 12.1 Å². The monoisotopic (exact) mass is 251 g/mol. The van der Waals surface area contributed by atoms with Crippen LogP contribution < -0.4 is 4.90 Å². The molecular formula is C12H14FN3S. The zero-order valence-electron chi connectivity index (χ0n) is 10.0. The topological polar surface area (TPSA) is 29.0 Å². The maximum absolute atomic E-state index is 12.8. The van der Waals surface area contributed by atoms with Crippen molar-refractivity contribution in [2.24, 2.45) is 0 Å². The summed E-state index contributed by atoms with van der Waals surface area (Å²) < 4.78 is 17.0. The quantitative estimate of drug-likeness (QED) is 0.839. The highest BCUT2D eigenvalue weighted by atomic mass is 32.1. The molecule has 0 N–H and O–H groups in total. The predicted molar refractivity (Wildman–Crippen MR) is 67.9 cm³/mol. The number of hydrogen-bond donors (Lipinski definition) is 0. The Balaban J connectivity index is 2.19. The number of hydrogen-bond acceptors (Lipinski definition) is 4. The van der Waals surface area contributed by atoms with Gasteiger partial charge in [0.15, 0.2) is 0 Å². The third-order valence-corrected chi connectivity index (χ3v) is 3.65. The van der Waals surface area contributed by atoms with Crippen LogP contribution in [0.2, 0.25) is 0 Å². The van der Waals surface area contributed by atoms with E-state index in [1.807, 2.05) is 18.9 Å². The molecule has 1 unspecified atom stereocenters. The molecule has 0 saturated heterocycles. The molecule has 0 fully saturated rings. The second kappa shape index (κ2) is 4.79. The minimum atomic E-state index is -0.213. The van der Waals surface area contributed by atoms with Crippen molar-refractivity contribution in [1.29, 1.82) is 0 Å². The van der Waals surface area contributed by atoms with Crippen molar-refractivity contribution < 1.29 is 4.39 Å². The highest BCUT2D eigenvalue weighted by molar-refractivity contribution is 7.09. The van der Waals surface area contributed by atoms with Gasteiger partial charge in [-0.25, -0.2) is 9.37 Å². The molecule has 2 rings (SSSR count). The molecule has 0 spiro atoms. The van der Waals surface area contributed by atoms with Crippen molar-refractivity contribution in [3.05, 3.63) is 41.5 Å². The van der Waals surface area contributed by atoms with Crippen molar-refractivity contribution in [3.8, 4) is 0 Å². The van der Waals surface area contributed by atoms with Crippen LogP contribution >= 0.6 is 11.5 Å². The molecule has 1 aromatic heterocycles. The maximum atomic E-state index is 12.8. The molecule has 0 bridgehead atoms. The van der Waals surface area contributed by atoms with E-state index in [1.165, 1.54) is 23.7 Å². The largest absolute Gasteiger partial charge is 0.343 e. The zero-order chi connectivity index (χ0) is 12.4. The highest BCUT2D eigenvalue weighted by Gasteiger charge is 2.15. The number of halogens is 1.